The Hall–Kier alpha value is -3.04. The zero-order chi connectivity index (χ0) is 27.8. The predicted molar refractivity (Wildman–Crippen MR) is 145 cm³/mol. The quantitative estimate of drug-likeness (QED) is 0.163. The van der Waals surface area contributed by atoms with Crippen molar-refractivity contribution in [3.8, 4) is 11.5 Å². The number of sulfone groups is 1. The summed E-state index contributed by atoms with van der Waals surface area (Å²) in [4.78, 5) is 26.6. The number of carbonyl (C=O) groups excluding carboxylic acids is 2. The highest BCUT2D eigenvalue weighted by Crippen LogP contribution is 2.36. The Labute approximate surface area is 231 Å². The first kappa shape index (κ1) is 29.5. The zero-order valence-electron chi connectivity index (χ0n) is 20.1. The lowest BCUT2D eigenvalue weighted by Gasteiger charge is -2.38. The molecule has 0 aliphatic carbocycles. The summed E-state index contributed by atoms with van der Waals surface area (Å²) in [6, 6.07) is 19.5. The first-order valence-electron chi connectivity index (χ1n) is 11.2. The molecule has 0 aliphatic rings. The van der Waals surface area contributed by atoms with E-state index in [1.54, 1.807) is 18.2 Å². The number of halogens is 2. The van der Waals surface area contributed by atoms with E-state index in [4.69, 9.17) is 37.4 Å². The van der Waals surface area contributed by atoms with Crippen LogP contribution in [0.2, 0.25) is 10.0 Å². The van der Waals surface area contributed by atoms with Crippen LogP contribution in [0.4, 0.5) is 4.79 Å². The lowest BCUT2D eigenvalue weighted by Crippen LogP contribution is -2.59. The second-order valence-electron chi connectivity index (χ2n) is 7.76. The average Bonchev–Trinajstić information content (AvgIpc) is 2.89. The minimum atomic E-state index is -4.61. The maximum absolute atomic E-state index is 13.6. The van der Waals surface area contributed by atoms with Crippen LogP contribution in [0.25, 0.3) is 0 Å². The van der Waals surface area contributed by atoms with Gasteiger partial charge in [0.2, 0.25) is 9.84 Å². The van der Waals surface area contributed by atoms with Crippen LogP contribution in [-0.2, 0) is 29.7 Å². The van der Waals surface area contributed by atoms with Gasteiger partial charge in [-0.2, -0.15) is 0 Å². The van der Waals surface area contributed by atoms with Gasteiger partial charge in [0.05, 0.1) is 12.4 Å². The van der Waals surface area contributed by atoms with Gasteiger partial charge in [0, 0.05) is 10.0 Å². The largest absolute Gasteiger partial charge is 0.465 e. The molecule has 1 amide bonds. The smallest absolute Gasteiger partial charge is 0.389 e. The molecular formula is C25H24Cl2NO8PS. The molecule has 0 spiro atoms. The highest BCUT2D eigenvalue weighted by molar-refractivity contribution is 8.05. The van der Waals surface area contributed by atoms with Crippen LogP contribution in [0.1, 0.15) is 12.5 Å². The Morgan fingerprint density at radius 1 is 0.868 bits per heavy atom. The minimum absolute atomic E-state index is 0.0360. The number of ether oxygens (including phenoxy) is 3. The fourth-order valence-corrected chi connectivity index (χ4v) is 5.58. The number of hydrogen-bond donors (Lipinski definition) is 0. The highest BCUT2D eigenvalue weighted by atomic mass is 35.5. The zero-order valence-corrected chi connectivity index (χ0v) is 23.6. The Balaban J connectivity index is 2.13. The Bertz CT molecular complexity index is 1320. The summed E-state index contributed by atoms with van der Waals surface area (Å²) in [6.07, 6.45) is 0. The maximum Gasteiger partial charge on any atom is 0.389 e. The average molecular weight is 600 g/mol. The molecule has 0 bridgehead atoms. The molecule has 3 aromatic rings. The molecule has 0 heterocycles. The molecule has 0 aromatic heterocycles. The number of rotatable bonds is 11. The molecule has 9 nitrogen and oxygen atoms in total. The predicted octanol–water partition coefficient (Wildman–Crippen LogP) is 5.42. The van der Waals surface area contributed by atoms with Crippen molar-refractivity contribution in [1.29, 1.82) is 0 Å². The van der Waals surface area contributed by atoms with Gasteiger partial charge in [-0.3, -0.25) is 9.59 Å². The maximum atomic E-state index is 13.6. The summed E-state index contributed by atoms with van der Waals surface area (Å²) in [5, 5.41) is -0.817. The Morgan fingerprint density at radius 2 is 1.37 bits per heavy atom. The Kier molecular flexibility index (Phi) is 10.2. The second kappa shape index (κ2) is 13.2. The third kappa shape index (κ3) is 7.74. The van der Waals surface area contributed by atoms with Crippen LogP contribution in [0.15, 0.2) is 78.9 Å². The van der Waals surface area contributed by atoms with E-state index in [1.165, 1.54) is 67.6 Å². The topological polar surface area (TPSA) is 116 Å². The second-order valence-corrected chi connectivity index (χ2v) is 11.5. The van der Waals surface area contributed by atoms with Crippen LogP contribution < -0.4 is 9.47 Å². The lowest BCUT2D eigenvalue weighted by atomic mass is 10.2. The van der Waals surface area contributed by atoms with Gasteiger partial charge >= 0.3 is 16.9 Å². The number of hydrogen-bond acceptors (Lipinski definition) is 8. The number of esters is 1. The standard InChI is InChI=1S/C25H24Cl2NO8PS/c1-2-34-23(29)16-28(24(30)38(32,33)17-18-6-4-3-5-7-18)25(37-31,35-21-12-8-19(26)9-13-21)36-22-14-10-20(27)11-15-22/h3-15H,2,16-17,37H2,1H3. The molecule has 3 rings (SSSR count). The molecule has 0 aliphatic heterocycles. The van der Waals surface area contributed by atoms with E-state index >= 15 is 0 Å². The monoisotopic (exact) mass is 599 g/mol. The molecule has 0 saturated heterocycles. The molecular weight excluding hydrogens is 576 g/mol. The summed E-state index contributed by atoms with van der Waals surface area (Å²) in [5.41, 5.74) is -2.22. The molecule has 13 heteroatoms. The van der Waals surface area contributed by atoms with Gasteiger partial charge in [-0.05, 0) is 61.0 Å². The number of nitrogens with zero attached hydrogens (tertiary/aromatic N) is 1. The molecule has 0 N–H and O–H groups in total. The number of carbonyl (C=O) groups is 2. The van der Waals surface area contributed by atoms with E-state index < -0.39 is 47.5 Å². The van der Waals surface area contributed by atoms with Gasteiger partial charge in [-0.25, -0.2) is 13.3 Å². The highest BCUT2D eigenvalue weighted by Gasteiger charge is 2.49. The fraction of sp³-hybridized carbons (Fsp3) is 0.200. The molecule has 0 fully saturated rings. The van der Waals surface area contributed by atoms with Crippen molar-refractivity contribution < 1.29 is 36.8 Å². The number of benzene rings is 3. The van der Waals surface area contributed by atoms with E-state index in [0.29, 0.717) is 20.5 Å². The molecule has 3 aromatic carbocycles. The van der Waals surface area contributed by atoms with Gasteiger partial charge in [0.25, 0.3) is 0 Å². The first-order chi connectivity index (χ1) is 18.1. The van der Waals surface area contributed by atoms with Gasteiger partial charge < -0.3 is 18.8 Å². The summed E-state index contributed by atoms with van der Waals surface area (Å²) < 4.78 is 56.2. The lowest BCUT2D eigenvalue weighted by molar-refractivity contribution is -0.158. The summed E-state index contributed by atoms with van der Waals surface area (Å²) in [5.74, 6) is -1.58. The normalized spacial score (nSPS) is 11.8. The van der Waals surface area contributed by atoms with Crippen LogP contribution in [0.5, 0.6) is 11.5 Å². The number of amides is 1. The van der Waals surface area contributed by atoms with Crippen molar-refractivity contribution in [2.24, 2.45) is 0 Å². The van der Waals surface area contributed by atoms with Crippen molar-refractivity contribution in [2.75, 3.05) is 13.2 Å². The molecule has 0 radical (unpaired) electrons. The van der Waals surface area contributed by atoms with Gasteiger partial charge in [0.15, 0.2) is 8.46 Å². The SMILES string of the molecule is CCOC(=O)CN(C(=O)S(=O)(=O)Cc1ccccc1)C(Oc1ccc(Cl)cc1)(Oc1ccc(Cl)cc1)[PH2]=O. The van der Waals surface area contributed by atoms with Crippen LogP contribution >= 0.6 is 31.7 Å². The minimum Gasteiger partial charge on any atom is -0.465 e. The van der Waals surface area contributed by atoms with Crippen LogP contribution in [0, 0.1) is 0 Å². The Morgan fingerprint density at radius 3 is 1.82 bits per heavy atom. The van der Waals surface area contributed by atoms with Gasteiger partial charge in [-0.1, -0.05) is 53.5 Å². The molecule has 1 atom stereocenters. The van der Waals surface area contributed by atoms with Crippen molar-refractivity contribution in [2.45, 2.75) is 18.3 Å². The third-order valence-electron chi connectivity index (χ3n) is 4.96. The summed E-state index contributed by atoms with van der Waals surface area (Å²) in [6.45, 7) is 0.554. The fourth-order valence-electron chi connectivity index (χ4n) is 3.25. The van der Waals surface area contributed by atoms with Crippen molar-refractivity contribution >= 4 is 52.7 Å². The summed E-state index contributed by atoms with van der Waals surface area (Å²) >= 11 is 11.9. The van der Waals surface area contributed by atoms with Crippen molar-refractivity contribution in [1.82, 2.24) is 4.90 Å². The molecule has 202 valence electrons. The van der Waals surface area contributed by atoms with Crippen molar-refractivity contribution in [3.63, 3.8) is 0 Å². The van der Waals surface area contributed by atoms with E-state index in [0.717, 1.165) is 0 Å². The molecule has 1 unspecified atom stereocenters. The van der Waals surface area contributed by atoms with Gasteiger partial charge in [-0.15, -0.1) is 0 Å². The van der Waals surface area contributed by atoms with E-state index in [9.17, 15) is 22.6 Å². The molecule has 0 saturated carbocycles. The van der Waals surface area contributed by atoms with E-state index in [1.807, 2.05) is 0 Å². The van der Waals surface area contributed by atoms with E-state index in [-0.39, 0.29) is 18.1 Å². The van der Waals surface area contributed by atoms with E-state index in [2.05, 4.69) is 0 Å². The first-order valence-corrected chi connectivity index (χ1v) is 14.6. The van der Waals surface area contributed by atoms with Gasteiger partial charge in [0.1, 0.15) is 18.0 Å². The third-order valence-corrected chi connectivity index (χ3v) is 7.77. The molecule has 38 heavy (non-hydrogen) atoms. The van der Waals surface area contributed by atoms with Crippen molar-refractivity contribution in [3.05, 3.63) is 94.5 Å². The summed E-state index contributed by atoms with van der Waals surface area (Å²) in [7, 11) is -6.88. The van der Waals surface area contributed by atoms with Crippen LogP contribution in [0.3, 0.4) is 0 Å². The van der Waals surface area contributed by atoms with Crippen LogP contribution in [-0.4, -0.2) is 43.3 Å².